The Hall–Kier alpha value is -1.71. The van der Waals surface area contributed by atoms with Gasteiger partial charge in [0, 0.05) is 6.42 Å². The SMILES string of the molecule is CC(C)c1ccc(O[C@@](C)(Cc2ccc(Cl)c(Cl)c2)C(=O)O)cc1. The maximum Gasteiger partial charge on any atom is 0.348 e. The molecule has 1 atom stereocenters. The van der Waals surface area contributed by atoms with E-state index in [2.05, 4.69) is 13.8 Å². The van der Waals surface area contributed by atoms with Gasteiger partial charge < -0.3 is 9.84 Å². The van der Waals surface area contributed by atoms with Crippen LogP contribution in [0.15, 0.2) is 42.5 Å². The zero-order valence-electron chi connectivity index (χ0n) is 13.8. The smallest absolute Gasteiger partial charge is 0.348 e. The van der Waals surface area contributed by atoms with Gasteiger partial charge >= 0.3 is 5.97 Å². The Labute approximate surface area is 152 Å². The van der Waals surface area contributed by atoms with Crippen molar-refractivity contribution in [2.24, 2.45) is 0 Å². The predicted molar refractivity (Wildman–Crippen MR) is 97.4 cm³/mol. The second kappa shape index (κ2) is 7.45. The largest absolute Gasteiger partial charge is 0.478 e. The average Bonchev–Trinajstić information content (AvgIpc) is 2.51. The van der Waals surface area contributed by atoms with Crippen LogP contribution in [0.2, 0.25) is 10.0 Å². The molecule has 1 N–H and O–H groups in total. The van der Waals surface area contributed by atoms with Crippen molar-refractivity contribution in [3.8, 4) is 5.75 Å². The summed E-state index contributed by atoms with van der Waals surface area (Å²) in [5.41, 5.74) is 0.508. The van der Waals surface area contributed by atoms with Crippen LogP contribution in [0.3, 0.4) is 0 Å². The molecular weight excluding hydrogens is 347 g/mol. The maximum atomic E-state index is 11.8. The number of benzene rings is 2. The lowest BCUT2D eigenvalue weighted by atomic mass is 9.96. The van der Waals surface area contributed by atoms with E-state index in [1.54, 1.807) is 37.3 Å². The van der Waals surface area contributed by atoms with Crippen LogP contribution in [0.25, 0.3) is 0 Å². The summed E-state index contributed by atoms with van der Waals surface area (Å²) in [6.07, 6.45) is 0.172. The molecule has 128 valence electrons. The highest BCUT2D eigenvalue weighted by Crippen LogP contribution is 2.28. The van der Waals surface area contributed by atoms with Gasteiger partial charge in [0.15, 0.2) is 0 Å². The molecule has 0 fully saturated rings. The lowest BCUT2D eigenvalue weighted by Gasteiger charge is -2.27. The molecule has 0 amide bonds. The van der Waals surface area contributed by atoms with Crippen molar-refractivity contribution in [2.75, 3.05) is 0 Å². The number of aliphatic carboxylic acids is 1. The Morgan fingerprint density at radius 3 is 2.25 bits per heavy atom. The molecule has 0 saturated heterocycles. The van der Waals surface area contributed by atoms with Crippen LogP contribution in [0, 0.1) is 0 Å². The van der Waals surface area contributed by atoms with Crippen LogP contribution in [0.5, 0.6) is 5.75 Å². The molecule has 2 aromatic rings. The number of carboxylic acid groups (broad SMARTS) is 1. The van der Waals surface area contributed by atoms with Crippen molar-refractivity contribution in [3.63, 3.8) is 0 Å². The first-order chi connectivity index (χ1) is 11.2. The molecule has 0 aromatic heterocycles. The van der Waals surface area contributed by atoms with Gasteiger partial charge in [0.1, 0.15) is 5.75 Å². The van der Waals surface area contributed by atoms with Crippen LogP contribution >= 0.6 is 23.2 Å². The minimum atomic E-state index is -1.41. The lowest BCUT2D eigenvalue weighted by Crippen LogP contribution is -2.43. The highest BCUT2D eigenvalue weighted by Gasteiger charge is 2.36. The summed E-state index contributed by atoms with van der Waals surface area (Å²) in [7, 11) is 0. The molecule has 3 nitrogen and oxygen atoms in total. The Bertz CT molecular complexity index is 726. The Morgan fingerprint density at radius 2 is 1.75 bits per heavy atom. The standard InChI is InChI=1S/C19H20Cl2O3/c1-12(2)14-5-7-15(8-6-14)24-19(3,18(22)23)11-13-4-9-16(20)17(21)10-13/h4-10,12H,11H2,1-3H3,(H,22,23)/t19-/m0/s1. The lowest BCUT2D eigenvalue weighted by molar-refractivity contribution is -0.153. The first kappa shape index (κ1) is 18.6. The molecule has 0 spiro atoms. The predicted octanol–water partition coefficient (Wildman–Crippen LogP) is 5.58. The van der Waals surface area contributed by atoms with E-state index in [9.17, 15) is 9.90 Å². The van der Waals surface area contributed by atoms with Gasteiger partial charge in [-0.1, -0.05) is 55.2 Å². The molecule has 0 unspecified atom stereocenters. The summed E-state index contributed by atoms with van der Waals surface area (Å²) in [6.45, 7) is 5.75. The number of carboxylic acids is 1. The van der Waals surface area contributed by atoms with Gasteiger partial charge in [-0.25, -0.2) is 4.79 Å². The van der Waals surface area contributed by atoms with E-state index in [1.807, 2.05) is 12.1 Å². The fourth-order valence-corrected chi connectivity index (χ4v) is 2.70. The van der Waals surface area contributed by atoms with Gasteiger partial charge in [-0.3, -0.25) is 0 Å². The van der Waals surface area contributed by atoms with Gasteiger partial charge in [-0.05, 0) is 48.2 Å². The quantitative estimate of drug-likeness (QED) is 0.725. The molecule has 5 heteroatoms. The van der Waals surface area contributed by atoms with Crippen LogP contribution in [-0.2, 0) is 11.2 Å². The van der Waals surface area contributed by atoms with Gasteiger partial charge in [0.05, 0.1) is 10.0 Å². The zero-order valence-corrected chi connectivity index (χ0v) is 15.4. The van der Waals surface area contributed by atoms with E-state index < -0.39 is 11.6 Å². The van der Waals surface area contributed by atoms with Gasteiger partial charge in [0.2, 0.25) is 5.60 Å². The Morgan fingerprint density at radius 1 is 1.12 bits per heavy atom. The maximum absolute atomic E-state index is 11.8. The van der Waals surface area contributed by atoms with Crippen LogP contribution in [0.4, 0.5) is 0 Å². The summed E-state index contributed by atoms with van der Waals surface area (Å²) in [6, 6.07) is 12.6. The normalized spacial score (nSPS) is 13.6. The summed E-state index contributed by atoms with van der Waals surface area (Å²) in [5.74, 6) is -0.119. The molecule has 0 saturated carbocycles. The molecule has 24 heavy (non-hydrogen) atoms. The number of ether oxygens (including phenoxy) is 1. The van der Waals surface area contributed by atoms with E-state index in [0.717, 1.165) is 5.56 Å². The molecule has 0 aliphatic heterocycles. The van der Waals surface area contributed by atoms with Gasteiger partial charge in [-0.2, -0.15) is 0 Å². The third-order valence-corrected chi connectivity index (χ3v) is 4.61. The summed E-state index contributed by atoms with van der Waals surface area (Å²) in [5, 5.41) is 10.5. The molecule has 0 bridgehead atoms. The Balaban J connectivity index is 2.23. The monoisotopic (exact) mass is 366 g/mol. The first-order valence-corrected chi connectivity index (χ1v) is 8.43. The summed E-state index contributed by atoms with van der Waals surface area (Å²) >= 11 is 11.9. The van der Waals surface area contributed by atoms with Gasteiger partial charge in [0.25, 0.3) is 0 Å². The molecule has 0 aliphatic carbocycles. The van der Waals surface area contributed by atoms with Crippen LogP contribution in [-0.4, -0.2) is 16.7 Å². The third kappa shape index (κ3) is 4.43. The minimum Gasteiger partial charge on any atom is -0.478 e. The molecular formula is C19H20Cl2O3. The van der Waals surface area contributed by atoms with E-state index in [0.29, 0.717) is 21.7 Å². The van der Waals surface area contributed by atoms with E-state index in [1.165, 1.54) is 5.56 Å². The summed E-state index contributed by atoms with van der Waals surface area (Å²) in [4.78, 5) is 11.8. The Kier molecular flexibility index (Phi) is 5.79. The number of halogens is 2. The number of carbonyl (C=O) groups is 1. The second-order valence-corrected chi connectivity index (χ2v) is 7.10. The number of hydrogen-bond donors (Lipinski definition) is 1. The molecule has 0 heterocycles. The van der Waals surface area contributed by atoms with Crippen LogP contribution in [0.1, 0.15) is 37.8 Å². The number of rotatable bonds is 6. The fourth-order valence-electron chi connectivity index (χ4n) is 2.38. The van der Waals surface area contributed by atoms with Crippen molar-refractivity contribution in [1.29, 1.82) is 0 Å². The van der Waals surface area contributed by atoms with Crippen molar-refractivity contribution in [2.45, 2.75) is 38.7 Å². The van der Waals surface area contributed by atoms with E-state index in [4.69, 9.17) is 27.9 Å². The van der Waals surface area contributed by atoms with Gasteiger partial charge in [-0.15, -0.1) is 0 Å². The third-order valence-electron chi connectivity index (χ3n) is 3.87. The van der Waals surface area contributed by atoms with Crippen molar-refractivity contribution in [1.82, 2.24) is 0 Å². The molecule has 0 radical (unpaired) electrons. The van der Waals surface area contributed by atoms with Crippen molar-refractivity contribution < 1.29 is 14.6 Å². The van der Waals surface area contributed by atoms with Crippen molar-refractivity contribution in [3.05, 3.63) is 63.6 Å². The molecule has 2 aromatic carbocycles. The second-order valence-electron chi connectivity index (χ2n) is 6.29. The zero-order chi connectivity index (χ0) is 17.9. The van der Waals surface area contributed by atoms with E-state index >= 15 is 0 Å². The first-order valence-electron chi connectivity index (χ1n) is 7.67. The summed E-state index contributed by atoms with van der Waals surface area (Å²) < 4.78 is 5.80. The van der Waals surface area contributed by atoms with E-state index in [-0.39, 0.29) is 6.42 Å². The average molecular weight is 367 g/mol. The highest BCUT2D eigenvalue weighted by atomic mass is 35.5. The molecule has 0 aliphatic rings. The fraction of sp³-hybridized carbons (Fsp3) is 0.316. The van der Waals surface area contributed by atoms with Crippen LogP contribution < -0.4 is 4.74 Å². The topological polar surface area (TPSA) is 46.5 Å². The van der Waals surface area contributed by atoms with Crippen molar-refractivity contribution >= 4 is 29.2 Å². The number of hydrogen-bond acceptors (Lipinski definition) is 2. The molecule has 2 rings (SSSR count). The minimum absolute atomic E-state index is 0.172. The highest BCUT2D eigenvalue weighted by molar-refractivity contribution is 6.42.